The Hall–Kier alpha value is -2.24. The van der Waals surface area contributed by atoms with Crippen LogP contribution in [-0.2, 0) is 9.63 Å². The van der Waals surface area contributed by atoms with E-state index in [-0.39, 0.29) is 11.7 Å². The second-order valence-corrected chi connectivity index (χ2v) is 6.19. The summed E-state index contributed by atoms with van der Waals surface area (Å²) in [6, 6.07) is 7.48. The zero-order valence-electron chi connectivity index (χ0n) is 14.7. The fourth-order valence-corrected chi connectivity index (χ4v) is 2.93. The molecule has 1 saturated carbocycles. The highest BCUT2D eigenvalue weighted by atomic mass is 16.6. The smallest absolute Gasteiger partial charge is 0.266 e. The van der Waals surface area contributed by atoms with E-state index >= 15 is 0 Å². The minimum atomic E-state index is -0.659. The number of carbonyl (C=O) groups excluding carboxylic acids is 1. The van der Waals surface area contributed by atoms with Crippen LogP contribution in [-0.4, -0.2) is 42.9 Å². The van der Waals surface area contributed by atoms with Crippen molar-refractivity contribution >= 4 is 11.7 Å². The van der Waals surface area contributed by atoms with Gasteiger partial charge in [0.15, 0.2) is 5.84 Å². The van der Waals surface area contributed by atoms with Crippen molar-refractivity contribution in [3.8, 4) is 5.75 Å². The Balaban J connectivity index is 1.92. The van der Waals surface area contributed by atoms with Gasteiger partial charge in [-0.25, -0.2) is 0 Å². The Labute approximate surface area is 143 Å². The molecule has 6 heteroatoms. The van der Waals surface area contributed by atoms with Gasteiger partial charge in [-0.15, -0.1) is 0 Å². The second-order valence-electron chi connectivity index (χ2n) is 6.19. The van der Waals surface area contributed by atoms with E-state index in [0.717, 1.165) is 24.2 Å². The molecule has 0 saturated heterocycles. The Kier molecular flexibility index (Phi) is 6.46. The maximum absolute atomic E-state index is 12.4. The molecule has 1 aliphatic rings. The van der Waals surface area contributed by atoms with Crippen LogP contribution in [0.5, 0.6) is 5.75 Å². The first-order valence-electron chi connectivity index (χ1n) is 8.43. The van der Waals surface area contributed by atoms with Gasteiger partial charge in [-0.1, -0.05) is 24.4 Å². The number of oxime groups is 1. The van der Waals surface area contributed by atoms with Crippen LogP contribution in [0.15, 0.2) is 29.4 Å². The van der Waals surface area contributed by atoms with Crippen molar-refractivity contribution in [2.45, 2.75) is 51.2 Å². The molecule has 0 aliphatic heterocycles. The van der Waals surface area contributed by atoms with E-state index in [0.29, 0.717) is 6.04 Å². The molecule has 1 atom stereocenters. The number of rotatable bonds is 6. The molecule has 24 heavy (non-hydrogen) atoms. The number of amidine groups is 1. The SMILES string of the molecule is COc1ccc(C(N)=NOC(C)C(=O)N(C)C2CCCCC2)cc1. The molecule has 1 aliphatic carbocycles. The summed E-state index contributed by atoms with van der Waals surface area (Å²) < 4.78 is 5.10. The summed E-state index contributed by atoms with van der Waals surface area (Å²) >= 11 is 0. The number of likely N-dealkylation sites (N-methyl/N-ethyl adjacent to an activating group) is 1. The molecule has 0 spiro atoms. The van der Waals surface area contributed by atoms with Gasteiger partial charge in [0.2, 0.25) is 6.10 Å². The van der Waals surface area contributed by atoms with Crippen LogP contribution in [0.4, 0.5) is 0 Å². The van der Waals surface area contributed by atoms with Gasteiger partial charge in [-0.2, -0.15) is 0 Å². The lowest BCUT2D eigenvalue weighted by Crippen LogP contribution is -2.43. The topological polar surface area (TPSA) is 77.1 Å². The van der Waals surface area contributed by atoms with Crippen LogP contribution < -0.4 is 10.5 Å². The molecule has 6 nitrogen and oxygen atoms in total. The molecule has 1 amide bonds. The van der Waals surface area contributed by atoms with Crippen LogP contribution >= 0.6 is 0 Å². The summed E-state index contributed by atoms with van der Waals surface area (Å²) in [4.78, 5) is 19.6. The summed E-state index contributed by atoms with van der Waals surface area (Å²) in [5, 5.41) is 3.90. The average molecular weight is 333 g/mol. The van der Waals surface area contributed by atoms with Crippen molar-refractivity contribution in [2.24, 2.45) is 10.9 Å². The quantitative estimate of drug-likeness (QED) is 0.493. The Morgan fingerprint density at radius 1 is 1.25 bits per heavy atom. The summed E-state index contributed by atoms with van der Waals surface area (Å²) in [5.74, 6) is 0.913. The van der Waals surface area contributed by atoms with Gasteiger partial charge in [0.25, 0.3) is 5.91 Å². The number of methoxy groups -OCH3 is 1. The van der Waals surface area contributed by atoms with Crippen LogP contribution in [0.2, 0.25) is 0 Å². The third-order valence-electron chi connectivity index (χ3n) is 4.51. The van der Waals surface area contributed by atoms with Crippen molar-refractivity contribution in [3.63, 3.8) is 0 Å². The monoisotopic (exact) mass is 333 g/mol. The summed E-state index contributed by atoms with van der Waals surface area (Å²) in [5.41, 5.74) is 6.63. The predicted octanol–water partition coefficient (Wildman–Crippen LogP) is 2.51. The second kappa shape index (κ2) is 8.57. The van der Waals surface area contributed by atoms with Crippen LogP contribution in [0.25, 0.3) is 0 Å². The number of benzene rings is 1. The fourth-order valence-electron chi connectivity index (χ4n) is 2.93. The Morgan fingerprint density at radius 3 is 2.46 bits per heavy atom. The van der Waals surface area contributed by atoms with Gasteiger partial charge in [-0.3, -0.25) is 4.79 Å². The van der Waals surface area contributed by atoms with E-state index in [9.17, 15) is 4.79 Å². The minimum Gasteiger partial charge on any atom is -0.497 e. The van der Waals surface area contributed by atoms with Crippen LogP contribution in [0.3, 0.4) is 0 Å². The normalized spacial score (nSPS) is 17.2. The number of hydrogen-bond donors (Lipinski definition) is 1. The average Bonchev–Trinajstić information content (AvgIpc) is 2.65. The Bertz CT molecular complexity index is 565. The summed E-state index contributed by atoms with van der Waals surface area (Å²) in [7, 11) is 3.44. The number of carbonyl (C=O) groups is 1. The van der Waals surface area contributed by atoms with Crippen molar-refractivity contribution in [3.05, 3.63) is 29.8 Å². The van der Waals surface area contributed by atoms with E-state index in [1.807, 2.05) is 7.05 Å². The highest BCUT2D eigenvalue weighted by Crippen LogP contribution is 2.22. The van der Waals surface area contributed by atoms with Gasteiger partial charge in [0, 0.05) is 18.7 Å². The van der Waals surface area contributed by atoms with Crippen LogP contribution in [0, 0.1) is 0 Å². The highest BCUT2D eigenvalue weighted by Gasteiger charge is 2.26. The molecule has 0 aromatic heterocycles. The molecule has 1 unspecified atom stereocenters. The third kappa shape index (κ3) is 4.63. The maximum Gasteiger partial charge on any atom is 0.266 e. The lowest BCUT2D eigenvalue weighted by molar-refractivity contribution is -0.144. The van der Waals surface area contributed by atoms with E-state index in [4.69, 9.17) is 15.3 Å². The van der Waals surface area contributed by atoms with E-state index in [1.54, 1.807) is 43.2 Å². The number of ether oxygens (including phenoxy) is 1. The first-order valence-corrected chi connectivity index (χ1v) is 8.43. The van der Waals surface area contributed by atoms with Gasteiger partial charge in [0.1, 0.15) is 5.75 Å². The molecular weight excluding hydrogens is 306 g/mol. The van der Waals surface area contributed by atoms with Crippen molar-refractivity contribution < 1.29 is 14.4 Å². The third-order valence-corrected chi connectivity index (χ3v) is 4.51. The summed E-state index contributed by atoms with van der Waals surface area (Å²) in [6.45, 7) is 1.70. The van der Waals surface area contributed by atoms with Gasteiger partial charge in [0.05, 0.1) is 7.11 Å². The maximum atomic E-state index is 12.4. The van der Waals surface area contributed by atoms with Gasteiger partial charge < -0.3 is 20.2 Å². The zero-order chi connectivity index (χ0) is 17.5. The van der Waals surface area contributed by atoms with Crippen molar-refractivity contribution in [1.29, 1.82) is 0 Å². The molecule has 0 heterocycles. The Morgan fingerprint density at radius 2 is 1.88 bits per heavy atom. The number of hydrogen-bond acceptors (Lipinski definition) is 4. The molecule has 132 valence electrons. The fraction of sp³-hybridized carbons (Fsp3) is 0.556. The van der Waals surface area contributed by atoms with Gasteiger partial charge in [-0.05, 0) is 44.0 Å². The molecule has 0 radical (unpaired) electrons. The minimum absolute atomic E-state index is 0.0619. The molecule has 1 fully saturated rings. The number of amides is 1. The van der Waals surface area contributed by atoms with E-state index in [1.165, 1.54) is 19.3 Å². The molecule has 2 rings (SSSR count). The lowest BCUT2D eigenvalue weighted by Gasteiger charge is -2.32. The van der Waals surface area contributed by atoms with Crippen LogP contribution in [0.1, 0.15) is 44.6 Å². The number of nitrogens with zero attached hydrogens (tertiary/aromatic N) is 2. The molecule has 1 aromatic rings. The first kappa shape index (κ1) is 18.1. The van der Waals surface area contributed by atoms with E-state index in [2.05, 4.69) is 5.16 Å². The first-order chi connectivity index (χ1) is 11.5. The van der Waals surface area contributed by atoms with Crippen molar-refractivity contribution in [2.75, 3.05) is 14.2 Å². The van der Waals surface area contributed by atoms with E-state index < -0.39 is 6.10 Å². The molecule has 2 N–H and O–H groups in total. The highest BCUT2D eigenvalue weighted by molar-refractivity contribution is 5.97. The predicted molar refractivity (Wildman–Crippen MR) is 93.9 cm³/mol. The number of nitrogens with two attached hydrogens (primary N) is 1. The molecule has 1 aromatic carbocycles. The zero-order valence-corrected chi connectivity index (χ0v) is 14.7. The van der Waals surface area contributed by atoms with Crippen molar-refractivity contribution in [1.82, 2.24) is 4.90 Å². The molecular formula is C18H27N3O3. The summed E-state index contributed by atoms with van der Waals surface area (Å²) in [6.07, 6.45) is 5.08. The largest absolute Gasteiger partial charge is 0.497 e. The lowest BCUT2D eigenvalue weighted by atomic mass is 9.94. The van der Waals surface area contributed by atoms with Gasteiger partial charge >= 0.3 is 0 Å². The molecule has 0 bridgehead atoms. The standard InChI is InChI=1S/C18H27N3O3/c1-13(18(22)21(2)15-7-5-4-6-8-15)24-20-17(19)14-9-11-16(23-3)12-10-14/h9-13,15H,4-8H2,1-3H3,(H2,19,20).